The smallest absolute Gasteiger partial charge is 0.329 e. The number of carboxylic acid groups (broad SMARTS) is 1. The summed E-state index contributed by atoms with van der Waals surface area (Å²) in [6.07, 6.45) is 4.05. The maximum absolute atomic E-state index is 10.6. The molecule has 0 saturated heterocycles. The number of carbonyl (C=O) groups is 1. The number of hydrogen-bond donors (Lipinski definition) is 1. The summed E-state index contributed by atoms with van der Waals surface area (Å²) >= 11 is 0. The molecule has 0 atom stereocenters. The molecule has 16 heavy (non-hydrogen) atoms. The zero-order chi connectivity index (χ0) is 11.4. The Morgan fingerprint density at radius 3 is 2.44 bits per heavy atom. The highest BCUT2D eigenvalue weighted by atomic mass is 16.5. The fraction of sp³-hybridized carbons (Fsp3) is 0.462. The molecule has 0 bridgehead atoms. The Hall–Kier alpha value is -1.35. The molecule has 0 aromatic heterocycles. The molecule has 0 heterocycles. The van der Waals surface area contributed by atoms with Crippen molar-refractivity contribution in [2.45, 2.75) is 31.3 Å². The molecule has 0 unspecified atom stereocenters. The second-order valence-electron chi connectivity index (χ2n) is 4.25. The van der Waals surface area contributed by atoms with Crippen molar-refractivity contribution in [1.29, 1.82) is 0 Å². The molecule has 2 rings (SSSR count). The van der Waals surface area contributed by atoms with Crippen molar-refractivity contribution in [3.8, 4) is 0 Å². The van der Waals surface area contributed by atoms with Crippen LogP contribution < -0.4 is 0 Å². The summed E-state index contributed by atoms with van der Waals surface area (Å²) in [6.45, 7) is -0.213. The van der Waals surface area contributed by atoms with E-state index in [0.29, 0.717) is 0 Å². The number of hydrogen-bond acceptors (Lipinski definition) is 2. The Kier molecular flexibility index (Phi) is 3.25. The first kappa shape index (κ1) is 11.1. The Bertz CT molecular complexity index is 353. The molecule has 1 fully saturated rings. The maximum Gasteiger partial charge on any atom is 0.329 e. The maximum atomic E-state index is 10.6. The molecule has 3 nitrogen and oxygen atoms in total. The molecule has 0 aliphatic heterocycles. The van der Waals surface area contributed by atoms with Gasteiger partial charge in [-0.3, -0.25) is 0 Å². The Balaban J connectivity index is 2.19. The molecule has 1 saturated carbocycles. The molecular formula is C13H16O3. The van der Waals surface area contributed by atoms with Crippen molar-refractivity contribution in [2.75, 3.05) is 6.61 Å². The van der Waals surface area contributed by atoms with Crippen molar-refractivity contribution in [1.82, 2.24) is 0 Å². The topological polar surface area (TPSA) is 46.5 Å². The van der Waals surface area contributed by atoms with Gasteiger partial charge in [0.1, 0.15) is 6.61 Å². The lowest BCUT2D eigenvalue weighted by Crippen LogP contribution is -2.28. The van der Waals surface area contributed by atoms with Gasteiger partial charge in [0.15, 0.2) is 0 Å². The van der Waals surface area contributed by atoms with E-state index in [1.165, 1.54) is 0 Å². The molecule has 1 N–H and O–H groups in total. The highest BCUT2D eigenvalue weighted by Crippen LogP contribution is 2.41. The van der Waals surface area contributed by atoms with E-state index in [0.717, 1.165) is 31.2 Å². The predicted molar refractivity (Wildman–Crippen MR) is 60.2 cm³/mol. The molecule has 0 spiro atoms. The molecule has 1 aromatic rings. The van der Waals surface area contributed by atoms with Crippen molar-refractivity contribution < 1.29 is 14.6 Å². The minimum Gasteiger partial charge on any atom is -0.480 e. The van der Waals surface area contributed by atoms with Gasteiger partial charge in [-0.15, -0.1) is 0 Å². The second-order valence-corrected chi connectivity index (χ2v) is 4.25. The van der Waals surface area contributed by atoms with Gasteiger partial charge in [0, 0.05) is 0 Å². The van der Waals surface area contributed by atoms with Gasteiger partial charge < -0.3 is 9.84 Å². The number of aliphatic carboxylic acids is 1. The van der Waals surface area contributed by atoms with Gasteiger partial charge in [-0.1, -0.05) is 43.2 Å². The molecule has 0 radical (unpaired) electrons. The summed E-state index contributed by atoms with van der Waals surface area (Å²) < 4.78 is 5.64. The second kappa shape index (κ2) is 4.66. The lowest BCUT2D eigenvalue weighted by Gasteiger charge is -2.29. The van der Waals surface area contributed by atoms with Gasteiger partial charge in [0.25, 0.3) is 0 Å². The minimum atomic E-state index is -0.901. The SMILES string of the molecule is O=C(O)COC1(c2ccccc2)CCCC1. The summed E-state index contributed by atoms with van der Waals surface area (Å²) in [4.78, 5) is 10.6. The van der Waals surface area contributed by atoms with E-state index in [9.17, 15) is 4.79 Å². The van der Waals surface area contributed by atoms with E-state index in [4.69, 9.17) is 9.84 Å². The summed E-state index contributed by atoms with van der Waals surface area (Å²) in [5.41, 5.74) is 0.744. The number of benzene rings is 1. The van der Waals surface area contributed by atoms with Crippen LogP contribution >= 0.6 is 0 Å². The number of rotatable bonds is 4. The van der Waals surface area contributed by atoms with Gasteiger partial charge in [-0.25, -0.2) is 4.79 Å². The van der Waals surface area contributed by atoms with Crippen LogP contribution in [-0.4, -0.2) is 17.7 Å². The summed E-state index contributed by atoms with van der Waals surface area (Å²) in [7, 11) is 0. The Labute approximate surface area is 95.0 Å². The van der Waals surface area contributed by atoms with Crippen LogP contribution in [0.3, 0.4) is 0 Å². The largest absolute Gasteiger partial charge is 0.480 e. The van der Waals surface area contributed by atoms with Crippen LogP contribution in [0.1, 0.15) is 31.2 Å². The zero-order valence-corrected chi connectivity index (χ0v) is 9.19. The first-order chi connectivity index (χ1) is 7.73. The monoisotopic (exact) mass is 220 g/mol. The number of carboxylic acids is 1. The average molecular weight is 220 g/mol. The molecule has 3 heteroatoms. The third kappa shape index (κ3) is 2.25. The minimum absolute atomic E-state index is 0.213. The van der Waals surface area contributed by atoms with Gasteiger partial charge >= 0.3 is 5.97 Å². The van der Waals surface area contributed by atoms with E-state index in [1.807, 2.05) is 30.3 Å². The van der Waals surface area contributed by atoms with Crippen molar-refractivity contribution in [3.63, 3.8) is 0 Å². The fourth-order valence-corrected chi connectivity index (χ4v) is 2.40. The zero-order valence-electron chi connectivity index (χ0n) is 9.19. The highest BCUT2D eigenvalue weighted by Gasteiger charge is 2.36. The lowest BCUT2D eigenvalue weighted by atomic mass is 9.92. The van der Waals surface area contributed by atoms with Gasteiger partial charge in [0.05, 0.1) is 5.60 Å². The van der Waals surface area contributed by atoms with Crippen LogP contribution in [0.4, 0.5) is 0 Å². The number of ether oxygens (including phenoxy) is 1. The van der Waals surface area contributed by atoms with E-state index in [1.54, 1.807) is 0 Å². The Morgan fingerprint density at radius 2 is 1.88 bits per heavy atom. The molecule has 0 amide bonds. The van der Waals surface area contributed by atoms with Crippen LogP contribution in [0.2, 0.25) is 0 Å². The normalized spacial score (nSPS) is 18.5. The molecule has 1 aliphatic rings. The first-order valence-electron chi connectivity index (χ1n) is 5.64. The standard InChI is InChI=1S/C13H16O3/c14-12(15)10-16-13(8-4-5-9-13)11-6-2-1-3-7-11/h1-3,6-7H,4-5,8-10H2,(H,14,15). The Morgan fingerprint density at radius 1 is 1.25 bits per heavy atom. The third-order valence-electron chi connectivity index (χ3n) is 3.18. The van der Waals surface area contributed by atoms with Crippen LogP contribution in [0, 0.1) is 0 Å². The lowest BCUT2D eigenvalue weighted by molar-refractivity contribution is -0.150. The van der Waals surface area contributed by atoms with Crippen LogP contribution in [0.25, 0.3) is 0 Å². The molecular weight excluding hydrogens is 204 g/mol. The first-order valence-corrected chi connectivity index (χ1v) is 5.64. The van der Waals surface area contributed by atoms with Gasteiger partial charge in [-0.2, -0.15) is 0 Å². The summed E-state index contributed by atoms with van der Waals surface area (Å²) in [5.74, 6) is -0.901. The van der Waals surface area contributed by atoms with Crippen LogP contribution in [0.15, 0.2) is 30.3 Å². The van der Waals surface area contributed by atoms with Crippen molar-refractivity contribution >= 4 is 5.97 Å². The van der Waals surface area contributed by atoms with Crippen molar-refractivity contribution in [3.05, 3.63) is 35.9 Å². The molecule has 1 aliphatic carbocycles. The van der Waals surface area contributed by atoms with Gasteiger partial charge in [0.2, 0.25) is 0 Å². The summed E-state index contributed by atoms with van der Waals surface area (Å²) in [5, 5.41) is 8.71. The quantitative estimate of drug-likeness (QED) is 0.848. The van der Waals surface area contributed by atoms with Gasteiger partial charge in [-0.05, 0) is 18.4 Å². The van der Waals surface area contributed by atoms with Crippen LogP contribution in [0.5, 0.6) is 0 Å². The van der Waals surface area contributed by atoms with Crippen molar-refractivity contribution in [2.24, 2.45) is 0 Å². The van der Waals surface area contributed by atoms with E-state index < -0.39 is 5.97 Å². The average Bonchev–Trinajstić information content (AvgIpc) is 2.78. The van der Waals surface area contributed by atoms with Crippen LogP contribution in [-0.2, 0) is 15.1 Å². The molecule has 86 valence electrons. The van der Waals surface area contributed by atoms with E-state index >= 15 is 0 Å². The fourth-order valence-electron chi connectivity index (χ4n) is 2.40. The molecule has 1 aromatic carbocycles. The predicted octanol–water partition coefficient (Wildman–Crippen LogP) is 2.56. The highest BCUT2D eigenvalue weighted by molar-refractivity contribution is 5.68. The van der Waals surface area contributed by atoms with E-state index in [-0.39, 0.29) is 12.2 Å². The van der Waals surface area contributed by atoms with E-state index in [2.05, 4.69) is 0 Å². The third-order valence-corrected chi connectivity index (χ3v) is 3.18. The summed E-state index contributed by atoms with van der Waals surface area (Å²) in [6, 6.07) is 9.95.